The second kappa shape index (κ2) is 5.33. The number of ether oxygens (including phenoxy) is 1. The molecule has 0 bridgehead atoms. The quantitative estimate of drug-likeness (QED) is 0.911. The van der Waals surface area contributed by atoms with Gasteiger partial charge in [0.2, 0.25) is 0 Å². The number of carbonyl (C=O) groups is 1. The minimum Gasteiger partial charge on any atom is -0.493 e. The molecule has 2 aromatic rings. The molecule has 0 spiro atoms. The molecule has 1 atom stereocenters. The predicted octanol–water partition coefficient (Wildman–Crippen LogP) is 3.08. The molecule has 1 amide bonds. The Morgan fingerprint density at radius 1 is 1.15 bits per heavy atom. The van der Waals surface area contributed by atoms with E-state index < -0.39 is 11.7 Å². The van der Waals surface area contributed by atoms with E-state index in [0.717, 1.165) is 11.3 Å². The number of fused-ring (bicyclic) bond motifs is 1. The Morgan fingerprint density at radius 3 is 2.75 bits per heavy atom. The van der Waals surface area contributed by atoms with Crippen LogP contribution < -0.4 is 10.1 Å². The monoisotopic (exact) mass is 271 g/mol. The van der Waals surface area contributed by atoms with Crippen LogP contribution in [0.2, 0.25) is 0 Å². The van der Waals surface area contributed by atoms with E-state index in [1.165, 1.54) is 12.1 Å². The minimum absolute atomic E-state index is 0.0662. The number of nitrogens with one attached hydrogen (secondary N) is 1. The van der Waals surface area contributed by atoms with Gasteiger partial charge in [0, 0.05) is 12.0 Å². The van der Waals surface area contributed by atoms with Crippen LogP contribution in [0.1, 0.15) is 28.4 Å². The van der Waals surface area contributed by atoms with Crippen molar-refractivity contribution in [2.24, 2.45) is 0 Å². The zero-order valence-corrected chi connectivity index (χ0v) is 10.8. The summed E-state index contributed by atoms with van der Waals surface area (Å²) in [5.74, 6) is -0.132. The summed E-state index contributed by atoms with van der Waals surface area (Å²) in [4.78, 5) is 12.2. The van der Waals surface area contributed by atoms with E-state index >= 15 is 0 Å². The zero-order chi connectivity index (χ0) is 13.9. The summed E-state index contributed by atoms with van der Waals surface area (Å²) in [6.07, 6.45) is 0.678. The van der Waals surface area contributed by atoms with Gasteiger partial charge in [0.25, 0.3) is 5.91 Å². The second-order valence-electron chi connectivity index (χ2n) is 4.68. The highest BCUT2D eigenvalue weighted by molar-refractivity contribution is 5.94. The fourth-order valence-corrected chi connectivity index (χ4v) is 2.37. The van der Waals surface area contributed by atoms with Gasteiger partial charge in [-0.15, -0.1) is 0 Å². The van der Waals surface area contributed by atoms with Crippen LogP contribution in [0.15, 0.2) is 48.5 Å². The van der Waals surface area contributed by atoms with Crippen molar-refractivity contribution in [1.82, 2.24) is 5.32 Å². The Balaban J connectivity index is 1.83. The highest BCUT2D eigenvalue weighted by Crippen LogP contribution is 2.31. The van der Waals surface area contributed by atoms with Gasteiger partial charge in [-0.2, -0.15) is 0 Å². The molecule has 3 rings (SSSR count). The summed E-state index contributed by atoms with van der Waals surface area (Å²) in [6, 6.07) is 13.4. The zero-order valence-electron chi connectivity index (χ0n) is 10.8. The highest BCUT2D eigenvalue weighted by Gasteiger charge is 2.23. The van der Waals surface area contributed by atoms with Gasteiger partial charge in [-0.05, 0) is 18.2 Å². The lowest BCUT2D eigenvalue weighted by Gasteiger charge is -2.26. The third-order valence-electron chi connectivity index (χ3n) is 3.38. The molecule has 1 heterocycles. The maximum absolute atomic E-state index is 13.6. The fraction of sp³-hybridized carbons (Fsp3) is 0.188. The molecule has 1 N–H and O–H groups in total. The Morgan fingerprint density at radius 2 is 1.90 bits per heavy atom. The molecule has 0 saturated carbocycles. The molecule has 0 aromatic heterocycles. The number of hydrogen-bond acceptors (Lipinski definition) is 2. The molecule has 0 aliphatic carbocycles. The SMILES string of the molecule is O=C(NC1CCOc2ccccc21)c1ccccc1F. The van der Waals surface area contributed by atoms with Crippen LogP contribution in [0.4, 0.5) is 4.39 Å². The maximum Gasteiger partial charge on any atom is 0.254 e. The molecule has 102 valence electrons. The summed E-state index contributed by atoms with van der Waals surface area (Å²) in [5.41, 5.74) is 1.000. The van der Waals surface area contributed by atoms with Crippen LogP contribution in [0.25, 0.3) is 0 Å². The number of halogens is 1. The van der Waals surface area contributed by atoms with Crippen molar-refractivity contribution >= 4 is 5.91 Å². The van der Waals surface area contributed by atoms with Crippen molar-refractivity contribution < 1.29 is 13.9 Å². The average molecular weight is 271 g/mol. The first kappa shape index (κ1) is 12.7. The number of benzene rings is 2. The summed E-state index contributed by atoms with van der Waals surface area (Å²) >= 11 is 0. The minimum atomic E-state index is -0.509. The van der Waals surface area contributed by atoms with Crippen LogP contribution >= 0.6 is 0 Å². The summed E-state index contributed by atoms with van der Waals surface area (Å²) in [6.45, 7) is 0.541. The van der Waals surface area contributed by atoms with Crippen molar-refractivity contribution in [3.05, 3.63) is 65.5 Å². The molecule has 0 radical (unpaired) electrons. The smallest absolute Gasteiger partial charge is 0.254 e. The van der Waals surface area contributed by atoms with Gasteiger partial charge in [0.1, 0.15) is 11.6 Å². The first-order chi connectivity index (χ1) is 9.75. The molecular weight excluding hydrogens is 257 g/mol. The van der Waals surface area contributed by atoms with E-state index in [1.807, 2.05) is 24.3 Å². The van der Waals surface area contributed by atoms with Gasteiger partial charge in [0.05, 0.1) is 18.2 Å². The van der Waals surface area contributed by atoms with Gasteiger partial charge in [-0.3, -0.25) is 4.79 Å². The van der Waals surface area contributed by atoms with Crippen molar-refractivity contribution in [3.8, 4) is 5.75 Å². The Hall–Kier alpha value is -2.36. The van der Waals surface area contributed by atoms with E-state index in [-0.39, 0.29) is 11.6 Å². The summed E-state index contributed by atoms with van der Waals surface area (Å²) < 4.78 is 19.1. The lowest BCUT2D eigenvalue weighted by Crippen LogP contribution is -2.32. The lowest BCUT2D eigenvalue weighted by atomic mass is 10.00. The van der Waals surface area contributed by atoms with Gasteiger partial charge >= 0.3 is 0 Å². The summed E-state index contributed by atoms with van der Waals surface area (Å²) in [7, 11) is 0. The van der Waals surface area contributed by atoms with Crippen LogP contribution in [-0.4, -0.2) is 12.5 Å². The van der Waals surface area contributed by atoms with Crippen LogP contribution in [-0.2, 0) is 0 Å². The molecule has 0 saturated heterocycles. The summed E-state index contributed by atoms with van der Waals surface area (Å²) in [5, 5.41) is 2.87. The van der Waals surface area contributed by atoms with E-state index in [4.69, 9.17) is 4.74 Å². The standard InChI is InChI=1S/C16H14FNO2/c17-13-7-3-1-5-11(13)16(19)18-14-9-10-20-15-8-4-2-6-12(14)15/h1-8,14H,9-10H2,(H,18,19). The molecule has 1 aliphatic rings. The third-order valence-corrected chi connectivity index (χ3v) is 3.38. The molecule has 0 fully saturated rings. The van der Waals surface area contributed by atoms with Crippen LogP contribution in [0.3, 0.4) is 0 Å². The van der Waals surface area contributed by atoms with Crippen molar-refractivity contribution in [3.63, 3.8) is 0 Å². The molecule has 4 heteroatoms. The number of rotatable bonds is 2. The van der Waals surface area contributed by atoms with E-state index in [0.29, 0.717) is 13.0 Å². The number of amides is 1. The second-order valence-corrected chi connectivity index (χ2v) is 4.68. The molecule has 1 unspecified atom stereocenters. The Kier molecular flexibility index (Phi) is 3.37. The van der Waals surface area contributed by atoms with Crippen LogP contribution in [0.5, 0.6) is 5.75 Å². The predicted molar refractivity (Wildman–Crippen MR) is 73.2 cm³/mol. The first-order valence-electron chi connectivity index (χ1n) is 6.53. The topological polar surface area (TPSA) is 38.3 Å². The Labute approximate surface area is 116 Å². The molecule has 3 nitrogen and oxygen atoms in total. The number of carbonyl (C=O) groups excluding carboxylic acids is 1. The largest absolute Gasteiger partial charge is 0.493 e. The molecular formula is C16H14FNO2. The van der Waals surface area contributed by atoms with E-state index in [2.05, 4.69) is 5.32 Å². The van der Waals surface area contributed by atoms with Gasteiger partial charge in [-0.25, -0.2) is 4.39 Å². The van der Waals surface area contributed by atoms with Gasteiger partial charge in [-0.1, -0.05) is 30.3 Å². The average Bonchev–Trinajstić information content (AvgIpc) is 2.48. The highest BCUT2D eigenvalue weighted by atomic mass is 19.1. The van der Waals surface area contributed by atoms with Crippen LogP contribution in [0, 0.1) is 5.82 Å². The first-order valence-corrected chi connectivity index (χ1v) is 6.53. The number of para-hydroxylation sites is 1. The third kappa shape index (κ3) is 2.37. The molecule has 1 aliphatic heterocycles. The Bertz CT molecular complexity index is 642. The van der Waals surface area contributed by atoms with Crippen molar-refractivity contribution in [2.45, 2.75) is 12.5 Å². The normalized spacial score (nSPS) is 16.9. The molecule has 2 aromatic carbocycles. The van der Waals surface area contributed by atoms with Crippen molar-refractivity contribution in [1.29, 1.82) is 0 Å². The van der Waals surface area contributed by atoms with Gasteiger partial charge < -0.3 is 10.1 Å². The molecule has 20 heavy (non-hydrogen) atoms. The maximum atomic E-state index is 13.6. The fourth-order valence-electron chi connectivity index (χ4n) is 2.37. The lowest BCUT2D eigenvalue weighted by molar-refractivity contribution is 0.0920. The van der Waals surface area contributed by atoms with E-state index in [9.17, 15) is 9.18 Å². The van der Waals surface area contributed by atoms with Gasteiger partial charge in [0.15, 0.2) is 0 Å². The number of hydrogen-bond donors (Lipinski definition) is 1. The van der Waals surface area contributed by atoms with E-state index in [1.54, 1.807) is 12.1 Å². The van der Waals surface area contributed by atoms with Crippen molar-refractivity contribution in [2.75, 3.05) is 6.61 Å².